The highest BCUT2D eigenvalue weighted by molar-refractivity contribution is 7.91. The molecule has 1 saturated heterocycles. The molecule has 8 nitrogen and oxygen atoms in total. The van der Waals surface area contributed by atoms with Crippen LogP contribution in [0.15, 0.2) is 46.0 Å². The van der Waals surface area contributed by atoms with Crippen molar-refractivity contribution in [1.82, 2.24) is 14.9 Å². The van der Waals surface area contributed by atoms with E-state index in [1.165, 1.54) is 4.90 Å². The molecule has 132 valence electrons. The van der Waals surface area contributed by atoms with Crippen molar-refractivity contribution in [3.63, 3.8) is 0 Å². The van der Waals surface area contributed by atoms with Crippen molar-refractivity contribution in [3.8, 4) is 0 Å². The Labute approximate surface area is 143 Å². The van der Waals surface area contributed by atoms with E-state index in [1.807, 2.05) is 11.1 Å². The van der Waals surface area contributed by atoms with E-state index in [-0.39, 0.29) is 31.0 Å². The summed E-state index contributed by atoms with van der Waals surface area (Å²) in [6.07, 6.45) is 0.255. The third-order valence-electron chi connectivity index (χ3n) is 4.19. The van der Waals surface area contributed by atoms with Gasteiger partial charge in [-0.25, -0.2) is 13.2 Å². The maximum absolute atomic E-state index is 12.6. The summed E-state index contributed by atoms with van der Waals surface area (Å²) in [6.45, 7) is 0.228. The first-order chi connectivity index (χ1) is 11.9. The number of carbonyl (C=O) groups excluding carboxylic acids is 1. The molecule has 2 N–H and O–H groups in total. The Hall–Kier alpha value is -2.68. The Kier molecular flexibility index (Phi) is 4.58. The van der Waals surface area contributed by atoms with Gasteiger partial charge in [0.2, 0.25) is 0 Å². The number of nitrogens with one attached hydrogen (secondary N) is 2. The molecule has 1 aromatic carbocycles. The highest BCUT2D eigenvalue weighted by atomic mass is 32.2. The molecular formula is C16H17N3O5S. The molecule has 1 atom stereocenters. The molecular weight excluding hydrogens is 346 g/mol. The van der Waals surface area contributed by atoms with E-state index in [0.29, 0.717) is 5.56 Å². The predicted octanol–water partition coefficient (Wildman–Crippen LogP) is 0.0652. The number of amides is 1. The molecule has 3 rings (SSSR count). The van der Waals surface area contributed by atoms with Gasteiger partial charge in [0.05, 0.1) is 11.0 Å². The van der Waals surface area contributed by atoms with Crippen LogP contribution in [-0.2, 0) is 9.84 Å². The third kappa shape index (κ3) is 3.71. The molecule has 1 fully saturated rings. The van der Waals surface area contributed by atoms with E-state index in [4.69, 9.17) is 0 Å². The van der Waals surface area contributed by atoms with Gasteiger partial charge in [-0.05, 0) is 12.0 Å². The molecule has 1 amide bonds. The molecule has 1 aliphatic heterocycles. The zero-order chi connectivity index (χ0) is 18.0. The number of carbonyl (C=O) groups is 1. The second-order valence-corrected chi connectivity index (χ2v) is 8.15. The van der Waals surface area contributed by atoms with Gasteiger partial charge < -0.3 is 9.88 Å². The molecule has 1 aromatic heterocycles. The summed E-state index contributed by atoms with van der Waals surface area (Å²) in [5.74, 6) is -0.738. The zero-order valence-corrected chi connectivity index (χ0v) is 14.1. The van der Waals surface area contributed by atoms with Crippen LogP contribution in [0.25, 0.3) is 0 Å². The summed E-state index contributed by atoms with van der Waals surface area (Å²) in [4.78, 5) is 40.8. The van der Waals surface area contributed by atoms with E-state index in [2.05, 4.69) is 4.98 Å². The van der Waals surface area contributed by atoms with Crippen LogP contribution in [0.2, 0.25) is 0 Å². The molecule has 0 bridgehead atoms. The van der Waals surface area contributed by atoms with Crippen molar-refractivity contribution in [1.29, 1.82) is 0 Å². The fourth-order valence-electron chi connectivity index (χ4n) is 2.94. The summed E-state index contributed by atoms with van der Waals surface area (Å²) in [5.41, 5.74) is -0.914. The van der Waals surface area contributed by atoms with E-state index in [9.17, 15) is 22.8 Å². The molecule has 0 aliphatic carbocycles. The van der Waals surface area contributed by atoms with Gasteiger partial charge in [-0.15, -0.1) is 0 Å². The van der Waals surface area contributed by atoms with Gasteiger partial charge in [-0.3, -0.25) is 14.6 Å². The van der Waals surface area contributed by atoms with Gasteiger partial charge >= 0.3 is 5.69 Å². The first-order valence-electron chi connectivity index (χ1n) is 7.76. The Bertz CT molecular complexity index is 966. The van der Waals surface area contributed by atoms with Crippen molar-refractivity contribution in [3.05, 3.63) is 68.5 Å². The van der Waals surface area contributed by atoms with Gasteiger partial charge in [0, 0.05) is 19.2 Å². The lowest BCUT2D eigenvalue weighted by atomic mass is 10.1. The van der Waals surface area contributed by atoms with Crippen molar-refractivity contribution in [2.75, 3.05) is 18.8 Å². The number of H-pyrrole nitrogens is 2. The molecule has 0 radical (unpaired) electrons. The molecule has 25 heavy (non-hydrogen) atoms. The highest BCUT2D eigenvalue weighted by Gasteiger charge is 2.33. The Balaban J connectivity index is 1.86. The molecule has 9 heteroatoms. The molecule has 1 aliphatic rings. The molecule has 0 unspecified atom stereocenters. The lowest BCUT2D eigenvalue weighted by Crippen LogP contribution is -2.36. The fourth-order valence-corrected chi connectivity index (χ4v) is 4.74. The van der Waals surface area contributed by atoms with E-state index < -0.39 is 32.2 Å². The number of hydrogen-bond acceptors (Lipinski definition) is 5. The van der Waals surface area contributed by atoms with Crippen LogP contribution in [0.5, 0.6) is 0 Å². The lowest BCUT2D eigenvalue weighted by molar-refractivity contribution is 0.0760. The van der Waals surface area contributed by atoms with Crippen molar-refractivity contribution < 1.29 is 13.2 Å². The first-order valence-corrected chi connectivity index (χ1v) is 9.48. The summed E-state index contributed by atoms with van der Waals surface area (Å²) < 4.78 is 25.1. The monoisotopic (exact) mass is 363 g/mol. The van der Waals surface area contributed by atoms with Crippen LogP contribution < -0.4 is 11.2 Å². The number of rotatable bonds is 2. The third-order valence-corrected chi connectivity index (χ3v) is 6.32. The summed E-state index contributed by atoms with van der Waals surface area (Å²) in [6, 6.07) is 9.88. The van der Waals surface area contributed by atoms with Crippen LogP contribution in [0.4, 0.5) is 0 Å². The van der Waals surface area contributed by atoms with Gasteiger partial charge in [-0.2, -0.15) is 0 Å². The maximum Gasteiger partial charge on any atom is 0.326 e. The summed E-state index contributed by atoms with van der Waals surface area (Å²) in [7, 11) is -3.41. The van der Waals surface area contributed by atoms with Crippen LogP contribution in [0.1, 0.15) is 27.7 Å². The topological polar surface area (TPSA) is 120 Å². The van der Waals surface area contributed by atoms with E-state index in [0.717, 1.165) is 6.07 Å². The largest absolute Gasteiger partial charge is 0.336 e. The second kappa shape index (κ2) is 6.67. The molecule has 0 saturated carbocycles. The number of aromatic nitrogens is 2. The standard InChI is InChI=1S/C16H17N3O5S/c20-14-10-12(17-16(22)18-14)15(21)19-7-6-13(25(23,24)9-8-19)11-4-2-1-3-5-11/h1-5,10,13H,6-9H2,(H2,17,18,20,22)/t13-/m0/s1. The van der Waals surface area contributed by atoms with Crippen molar-refractivity contribution in [2.24, 2.45) is 0 Å². The van der Waals surface area contributed by atoms with Gasteiger partial charge in [-0.1, -0.05) is 30.3 Å². The SMILES string of the molecule is O=C(c1cc(=O)[nH]c(=O)[nH]1)N1CC[C@@H](c2ccccc2)S(=O)(=O)CC1. The minimum Gasteiger partial charge on any atom is -0.336 e. The Morgan fingerprint density at radius 3 is 2.48 bits per heavy atom. The molecule has 2 aromatic rings. The number of sulfone groups is 1. The number of aromatic amines is 2. The number of nitrogens with zero attached hydrogens (tertiary/aromatic N) is 1. The molecule has 0 spiro atoms. The van der Waals surface area contributed by atoms with E-state index in [1.54, 1.807) is 24.3 Å². The van der Waals surface area contributed by atoms with Crippen molar-refractivity contribution >= 4 is 15.7 Å². The highest BCUT2D eigenvalue weighted by Crippen LogP contribution is 2.29. The van der Waals surface area contributed by atoms with Crippen LogP contribution in [0, 0.1) is 0 Å². The normalized spacial score (nSPS) is 20.0. The van der Waals surface area contributed by atoms with Crippen LogP contribution >= 0.6 is 0 Å². The van der Waals surface area contributed by atoms with Gasteiger partial charge in [0.1, 0.15) is 5.69 Å². The first kappa shape index (κ1) is 17.2. The quantitative estimate of drug-likeness (QED) is 0.782. The fraction of sp³-hybridized carbons (Fsp3) is 0.312. The number of benzene rings is 1. The lowest BCUT2D eigenvalue weighted by Gasteiger charge is -2.19. The minimum atomic E-state index is -3.41. The van der Waals surface area contributed by atoms with Gasteiger partial charge in [0.25, 0.3) is 11.5 Å². The zero-order valence-electron chi connectivity index (χ0n) is 13.3. The van der Waals surface area contributed by atoms with E-state index >= 15 is 0 Å². The van der Waals surface area contributed by atoms with Crippen LogP contribution in [-0.4, -0.2) is 48.0 Å². The molecule has 2 heterocycles. The number of hydrogen-bond donors (Lipinski definition) is 2. The van der Waals surface area contributed by atoms with Gasteiger partial charge in [0.15, 0.2) is 9.84 Å². The smallest absolute Gasteiger partial charge is 0.326 e. The Morgan fingerprint density at radius 2 is 1.80 bits per heavy atom. The average Bonchev–Trinajstić information content (AvgIpc) is 2.72. The average molecular weight is 363 g/mol. The Morgan fingerprint density at radius 1 is 1.08 bits per heavy atom. The predicted molar refractivity (Wildman–Crippen MR) is 91.2 cm³/mol. The van der Waals surface area contributed by atoms with Crippen LogP contribution in [0.3, 0.4) is 0 Å². The summed E-state index contributed by atoms with van der Waals surface area (Å²) in [5, 5.41) is -0.676. The minimum absolute atomic E-state index is 0.0132. The van der Waals surface area contributed by atoms with Crippen molar-refractivity contribution in [2.45, 2.75) is 11.7 Å². The summed E-state index contributed by atoms with van der Waals surface area (Å²) >= 11 is 0. The second-order valence-electron chi connectivity index (χ2n) is 5.85. The maximum atomic E-state index is 12.6.